The van der Waals surface area contributed by atoms with E-state index in [1.54, 1.807) is 0 Å². The van der Waals surface area contributed by atoms with Crippen LogP contribution >= 0.6 is 0 Å². The predicted molar refractivity (Wildman–Crippen MR) is 69.1 cm³/mol. The summed E-state index contributed by atoms with van der Waals surface area (Å²) in [4.78, 5) is 13.7. The number of hydrogen-bond donors (Lipinski definition) is 1. The molecule has 4 heteroatoms. The zero-order chi connectivity index (χ0) is 12.9. The first kappa shape index (κ1) is 14.3. The molecule has 100 valence electrons. The molecule has 1 rings (SSSR count). The zero-order valence-electron chi connectivity index (χ0n) is 11.6. The quantitative estimate of drug-likeness (QED) is 0.769. The van der Waals surface area contributed by atoms with Crippen molar-refractivity contribution in [3.05, 3.63) is 0 Å². The molecule has 0 spiro atoms. The zero-order valence-corrected chi connectivity index (χ0v) is 11.6. The van der Waals surface area contributed by atoms with Crippen LogP contribution in [0.3, 0.4) is 0 Å². The van der Waals surface area contributed by atoms with E-state index in [-0.39, 0.29) is 11.7 Å². The summed E-state index contributed by atoms with van der Waals surface area (Å²) < 4.78 is 5.37. The fraction of sp³-hybridized carbons (Fsp3) is 0.923. The molecule has 0 bridgehead atoms. The molecule has 4 nitrogen and oxygen atoms in total. The molecule has 0 aromatic carbocycles. The highest BCUT2D eigenvalue weighted by Gasteiger charge is 2.29. The number of amides is 1. The average Bonchev–Trinajstić information content (AvgIpc) is 2.64. The van der Waals surface area contributed by atoms with Crippen molar-refractivity contribution in [2.45, 2.75) is 46.1 Å². The van der Waals surface area contributed by atoms with E-state index in [0.717, 1.165) is 39.0 Å². The number of likely N-dealkylation sites (tertiary alicyclic amines) is 1. The van der Waals surface area contributed by atoms with Gasteiger partial charge in [0.05, 0.1) is 0 Å². The van der Waals surface area contributed by atoms with E-state index < -0.39 is 0 Å². The molecule has 1 aliphatic rings. The Morgan fingerprint density at radius 1 is 1.47 bits per heavy atom. The van der Waals surface area contributed by atoms with Crippen LogP contribution in [0.25, 0.3) is 0 Å². The molecule has 1 aliphatic heterocycles. The van der Waals surface area contributed by atoms with Gasteiger partial charge in [-0.3, -0.25) is 0 Å². The van der Waals surface area contributed by atoms with Crippen molar-refractivity contribution in [2.24, 2.45) is 5.92 Å². The second-order valence-corrected chi connectivity index (χ2v) is 5.72. The van der Waals surface area contributed by atoms with E-state index in [2.05, 4.69) is 12.2 Å². The number of hydrogen-bond acceptors (Lipinski definition) is 3. The molecular formula is C13H26N2O2. The molecule has 0 radical (unpaired) electrons. The maximum absolute atomic E-state index is 11.8. The van der Waals surface area contributed by atoms with Gasteiger partial charge in [0, 0.05) is 13.1 Å². The number of ether oxygens (including phenoxy) is 1. The van der Waals surface area contributed by atoms with Crippen LogP contribution in [0.4, 0.5) is 4.79 Å². The third-order valence-electron chi connectivity index (χ3n) is 2.92. The van der Waals surface area contributed by atoms with E-state index in [4.69, 9.17) is 4.74 Å². The average molecular weight is 242 g/mol. The van der Waals surface area contributed by atoms with Crippen LogP contribution in [0, 0.1) is 5.92 Å². The molecule has 1 atom stereocenters. The van der Waals surface area contributed by atoms with E-state index >= 15 is 0 Å². The van der Waals surface area contributed by atoms with Crippen molar-refractivity contribution in [3.8, 4) is 0 Å². The lowest BCUT2D eigenvalue weighted by molar-refractivity contribution is 0.0287. The first-order valence-corrected chi connectivity index (χ1v) is 6.61. The highest BCUT2D eigenvalue weighted by Crippen LogP contribution is 2.21. The second-order valence-electron chi connectivity index (χ2n) is 5.72. The summed E-state index contributed by atoms with van der Waals surface area (Å²) in [6.45, 7) is 11.6. The van der Waals surface area contributed by atoms with Crippen molar-refractivity contribution in [3.63, 3.8) is 0 Å². The van der Waals surface area contributed by atoms with Gasteiger partial charge in [0.25, 0.3) is 0 Å². The lowest BCUT2D eigenvalue weighted by Crippen LogP contribution is -2.35. The highest BCUT2D eigenvalue weighted by molar-refractivity contribution is 5.68. The summed E-state index contributed by atoms with van der Waals surface area (Å²) in [7, 11) is 0. The number of carbonyl (C=O) groups is 1. The van der Waals surface area contributed by atoms with Crippen LogP contribution in [0.2, 0.25) is 0 Å². The second kappa shape index (κ2) is 6.24. The summed E-state index contributed by atoms with van der Waals surface area (Å²) in [6.07, 6.45) is 2.08. The lowest BCUT2D eigenvalue weighted by atomic mass is 10.1. The predicted octanol–water partition coefficient (Wildman–Crippen LogP) is 2.24. The summed E-state index contributed by atoms with van der Waals surface area (Å²) in [5.41, 5.74) is -0.390. The summed E-state index contributed by atoms with van der Waals surface area (Å²) >= 11 is 0. The number of nitrogens with one attached hydrogen (secondary N) is 1. The summed E-state index contributed by atoms with van der Waals surface area (Å²) in [5, 5.41) is 3.32. The van der Waals surface area contributed by atoms with Crippen LogP contribution in [0.5, 0.6) is 0 Å². The minimum atomic E-state index is -0.390. The van der Waals surface area contributed by atoms with Crippen LogP contribution in [-0.2, 0) is 4.74 Å². The smallest absolute Gasteiger partial charge is 0.410 e. The van der Waals surface area contributed by atoms with Gasteiger partial charge in [-0.05, 0) is 52.6 Å². The van der Waals surface area contributed by atoms with E-state index in [1.807, 2.05) is 25.7 Å². The molecule has 0 aromatic heterocycles. The summed E-state index contributed by atoms with van der Waals surface area (Å²) in [6, 6.07) is 0. The molecule has 17 heavy (non-hydrogen) atoms. The Kier molecular flexibility index (Phi) is 5.25. The van der Waals surface area contributed by atoms with Crippen LogP contribution in [0.1, 0.15) is 40.5 Å². The Hall–Kier alpha value is -0.770. The Bertz CT molecular complexity index is 248. The molecule has 1 amide bonds. The van der Waals surface area contributed by atoms with E-state index in [1.165, 1.54) is 0 Å². The Balaban J connectivity index is 2.27. The van der Waals surface area contributed by atoms with Gasteiger partial charge in [0.2, 0.25) is 0 Å². The molecule has 0 aromatic rings. The van der Waals surface area contributed by atoms with Crippen molar-refractivity contribution >= 4 is 6.09 Å². The van der Waals surface area contributed by atoms with Crippen molar-refractivity contribution in [1.29, 1.82) is 0 Å². The lowest BCUT2D eigenvalue weighted by Gasteiger charge is -2.24. The van der Waals surface area contributed by atoms with Gasteiger partial charge in [0.1, 0.15) is 5.60 Å². The number of nitrogens with zero attached hydrogens (tertiary/aromatic N) is 1. The van der Waals surface area contributed by atoms with Gasteiger partial charge in [-0.25, -0.2) is 4.79 Å². The standard InChI is InChI=1S/C13H26N2O2/c1-5-14-8-6-11-7-9-15(10-11)12(16)17-13(2,3)4/h11,14H,5-10H2,1-4H3/t11-/m1/s1. The number of rotatable bonds is 4. The summed E-state index contributed by atoms with van der Waals surface area (Å²) in [5.74, 6) is 0.626. The van der Waals surface area contributed by atoms with Crippen molar-refractivity contribution in [2.75, 3.05) is 26.2 Å². The Morgan fingerprint density at radius 3 is 2.76 bits per heavy atom. The Labute approximate surface area is 105 Å². The van der Waals surface area contributed by atoms with Gasteiger partial charge in [-0.2, -0.15) is 0 Å². The maximum atomic E-state index is 11.8. The molecule has 1 saturated heterocycles. The third-order valence-corrected chi connectivity index (χ3v) is 2.92. The van der Waals surface area contributed by atoms with E-state index in [0.29, 0.717) is 5.92 Å². The molecule has 0 saturated carbocycles. The van der Waals surface area contributed by atoms with Gasteiger partial charge in [-0.15, -0.1) is 0 Å². The van der Waals surface area contributed by atoms with Gasteiger partial charge in [-0.1, -0.05) is 6.92 Å². The van der Waals surface area contributed by atoms with Gasteiger partial charge in [0.15, 0.2) is 0 Å². The number of carbonyl (C=O) groups excluding carboxylic acids is 1. The highest BCUT2D eigenvalue weighted by atomic mass is 16.6. The monoisotopic (exact) mass is 242 g/mol. The van der Waals surface area contributed by atoms with Crippen LogP contribution < -0.4 is 5.32 Å². The van der Waals surface area contributed by atoms with Gasteiger partial charge >= 0.3 is 6.09 Å². The first-order valence-electron chi connectivity index (χ1n) is 6.61. The molecule has 0 aliphatic carbocycles. The topological polar surface area (TPSA) is 41.6 Å². The minimum absolute atomic E-state index is 0.163. The fourth-order valence-corrected chi connectivity index (χ4v) is 2.04. The third kappa shape index (κ3) is 5.39. The van der Waals surface area contributed by atoms with Crippen LogP contribution in [-0.4, -0.2) is 42.8 Å². The van der Waals surface area contributed by atoms with Crippen LogP contribution in [0.15, 0.2) is 0 Å². The SMILES string of the molecule is CCNCC[C@@H]1CCN(C(=O)OC(C)(C)C)C1. The Morgan fingerprint density at radius 2 is 2.18 bits per heavy atom. The van der Waals surface area contributed by atoms with Gasteiger partial charge < -0.3 is 15.0 Å². The largest absolute Gasteiger partial charge is 0.444 e. The fourth-order valence-electron chi connectivity index (χ4n) is 2.04. The normalized spacial score (nSPS) is 20.7. The maximum Gasteiger partial charge on any atom is 0.410 e. The molecule has 1 heterocycles. The van der Waals surface area contributed by atoms with Crippen molar-refractivity contribution in [1.82, 2.24) is 10.2 Å². The minimum Gasteiger partial charge on any atom is -0.444 e. The first-order chi connectivity index (χ1) is 7.92. The van der Waals surface area contributed by atoms with E-state index in [9.17, 15) is 4.79 Å². The molecule has 0 unspecified atom stereocenters. The van der Waals surface area contributed by atoms with Crippen molar-refractivity contribution < 1.29 is 9.53 Å². The molecular weight excluding hydrogens is 216 g/mol. The molecule has 1 fully saturated rings. The molecule has 1 N–H and O–H groups in total.